The molecule has 0 radical (unpaired) electrons. The molecule has 0 heterocycles. The summed E-state index contributed by atoms with van der Waals surface area (Å²) in [4.78, 5) is 11.2. The van der Waals surface area contributed by atoms with Crippen molar-refractivity contribution in [2.75, 3.05) is 0 Å². The van der Waals surface area contributed by atoms with E-state index in [4.69, 9.17) is 5.11 Å². The van der Waals surface area contributed by atoms with Crippen LogP contribution < -0.4 is 0 Å². The maximum Gasteiger partial charge on any atom is 0.335 e. The molecule has 0 aliphatic rings. The number of carbonyl (C=O) groups is 1. The van der Waals surface area contributed by atoms with Crippen molar-refractivity contribution in [3.05, 3.63) is 71.3 Å². The molecule has 0 saturated carbocycles. The number of nitriles is 1. The third kappa shape index (κ3) is 2.40. The summed E-state index contributed by atoms with van der Waals surface area (Å²) >= 11 is 0. The van der Waals surface area contributed by atoms with Crippen LogP contribution in [0.2, 0.25) is 0 Å². The molecule has 0 amide bonds. The Hall–Kier alpha value is -3.26. The van der Waals surface area contributed by atoms with Gasteiger partial charge in [-0.25, -0.2) is 13.6 Å². The molecule has 3 nitrogen and oxygen atoms in total. The fourth-order valence-corrected chi connectivity index (χ4v) is 2.55. The van der Waals surface area contributed by atoms with E-state index in [-0.39, 0.29) is 22.3 Å². The van der Waals surface area contributed by atoms with Gasteiger partial charge in [0.1, 0.15) is 11.6 Å². The number of carboxylic acid groups (broad SMARTS) is 1. The lowest BCUT2D eigenvalue weighted by molar-refractivity contribution is 0.0697. The number of hydrogen-bond donors (Lipinski definition) is 1. The second kappa shape index (κ2) is 5.50. The Morgan fingerprint density at radius 3 is 2.26 bits per heavy atom. The van der Waals surface area contributed by atoms with Crippen molar-refractivity contribution in [2.24, 2.45) is 0 Å². The van der Waals surface area contributed by atoms with Gasteiger partial charge in [-0.3, -0.25) is 0 Å². The molecule has 1 N–H and O–H groups in total. The molecule has 5 heteroatoms. The molecule has 0 atom stereocenters. The van der Waals surface area contributed by atoms with Crippen LogP contribution >= 0.6 is 0 Å². The number of carboxylic acids is 1. The van der Waals surface area contributed by atoms with E-state index in [0.29, 0.717) is 10.8 Å². The van der Waals surface area contributed by atoms with Crippen molar-refractivity contribution in [1.82, 2.24) is 0 Å². The van der Waals surface area contributed by atoms with E-state index >= 15 is 0 Å². The molecule has 0 aliphatic carbocycles. The quantitative estimate of drug-likeness (QED) is 0.765. The van der Waals surface area contributed by atoms with Gasteiger partial charge in [0.05, 0.1) is 22.8 Å². The van der Waals surface area contributed by atoms with E-state index in [1.54, 1.807) is 12.1 Å². The highest BCUT2D eigenvalue weighted by atomic mass is 19.1. The summed E-state index contributed by atoms with van der Waals surface area (Å²) in [7, 11) is 0. The fourth-order valence-electron chi connectivity index (χ4n) is 2.55. The van der Waals surface area contributed by atoms with Gasteiger partial charge in [0.15, 0.2) is 0 Å². The summed E-state index contributed by atoms with van der Waals surface area (Å²) in [5.74, 6) is -2.78. The Labute approximate surface area is 130 Å². The first kappa shape index (κ1) is 14.7. The lowest BCUT2D eigenvalue weighted by Gasteiger charge is -2.12. The number of fused-ring (bicyclic) bond motifs is 1. The minimum Gasteiger partial charge on any atom is -0.478 e. The molecule has 23 heavy (non-hydrogen) atoms. The van der Waals surface area contributed by atoms with Crippen LogP contribution in [-0.2, 0) is 0 Å². The van der Waals surface area contributed by atoms with Crippen LogP contribution in [-0.4, -0.2) is 11.1 Å². The standard InChI is InChI=1S/C18H9F2NO2/c19-14-2-1-3-15(20)17(14)16-12(9-21)7-5-10-4-6-11(18(22)23)8-13(10)16/h1-8H,(H,22,23). The molecule has 112 valence electrons. The van der Waals surface area contributed by atoms with Gasteiger partial charge in [0.2, 0.25) is 0 Å². The maximum absolute atomic E-state index is 14.2. The lowest BCUT2D eigenvalue weighted by Crippen LogP contribution is -1.98. The minimum absolute atomic E-state index is 0.0226. The molecule has 3 aromatic carbocycles. The molecule has 3 rings (SSSR count). The van der Waals surface area contributed by atoms with E-state index in [2.05, 4.69) is 0 Å². The third-order valence-corrected chi connectivity index (χ3v) is 3.60. The summed E-state index contributed by atoms with van der Waals surface area (Å²) in [5.41, 5.74) is -0.226. The van der Waals surface area contributed by atoms with Gasteiger partial charge in [-0.2, -0.15) is 5.26 Å². The summed E-state index contributed by atoms with van der Waals surface area (Å²) in [6.45, 7) is 0. The van der Waals surface area contributed by atoms with Gasteiger partial charge in [-0.15, -0.1) is 0 Å². The number of hydrogen-bond acceptors (Lipinski definition) is 2. The molecule has 0 aliphatic heterocycles. The Kier molecular flexibility index (Phi) is 3.51. The normalized spacial score (nSPS) is 10.5. The first-order valence-corrected chi connectivity index (χ1v) is 6.67. The van der Waals surface area contributed by atoms with E-state index in [9.17, 15) is 18.8 Å². The molecule has 0 fully saturated rings. The van der Waals surface area contributed by atoms with Gasteiger partial charge in [0, 0.05) is 5.56 Å². The molecule has 0 spiro atoms. The van der Waals surface area contributed by atoms with Crippen molar-refractivity contribution in [1.29, 1.82) is 5.26 Å². The Morgan fingerprint density at radius 2 is 1.65 bits per heavy atom. The molecule has 3 aromatic rings. The topological polar surface area (TPSA) is 61.1 Å². The van der Waals surface area contributed by atoms with E-state index < -0.39 is 17.6 Å². The monoisotopic (exact) mass is 309 g/mol. The zero-order chi connectivity index (χ0) is 16.6. The van der Waals surface area contributed by atoms with Gasteiger partial charge < -0.3 is 5.11 Å². The van der Waals surface area contributed by atoms with Crippen LogP contribution in [0, 0.1) is 23.0 Å². The van der Waals surface area contributed by atoms with E-state index in [0.717, 1.165) is 12.1 Å². The van der Waals surface area contributed by atoms with E-state index in [1.807, 2.05) is 6.07 Å². The SMILES string of the molecule is N#Cc1ccc2ccc(C(=O)O)cc2c1-c1c(F)cccc1F. The number of rotatable bonds is 2. The number of halogens is 2. The van der Waals surface area contributed by atoms with Crippen LogP contribution in [0.25, 0.3) is 21.9 Å². The van der Waals surface area contributed by atoms with Crippen molar-refractivity contribution in [2.45, 2.75) is 0 Å². The highest BCUT2D eigenvalue weighted by Crippen LogP contribution is 2.35. The predicted molar refractivity (Wildman–Crippen MR) is 81.0 cm³/mol. The minimum atomic E-state index is -1.16. The second-order valence-electron chi connectivity index (χ2n) is 4.94. The summed E-state index contributed by atoms with van der Waals surface area (Å²) < 4.78 is 28.3. The smallest absolute Gasteiger partial charge is 0.335 e. The Morgan fingerprint density at radius 1 is 1.00 bits per heavy atom. The average molecular weight is 309 g/mol. The highest BCUT2D eigenvalue weighted by Gasteiger charge is 2.18. The summed E-state index contributed by atoms with van der Waals surface area (Å²) in [5, 5.41) is 19.3. The largest absolute Gasteiger partial charge is 0.478 e. The van der Waals surface area contributed by atoms with Crippen molar-refractivity contribution >= 4 is 16.7 Å². The number of aromatic carboxylic acids is 1. The predicted octanol–water partition coefficient (Wildman–Crippen LogP) is 4.35. The van der Waals surface area contributed by atoms with Gasteiger partial charge in [-0.05, 0) is 41.1 Å². The van der Waals surface area contributed by atoms with E-state index in [1.165, 1.54) is 24.3 Å². The van der Waals surface area contributed by atoms with Crippen LogP contribution in [0.5, 0.6) is 0 Å². The van der Waals surface area contributed by atoms with Crippen LogP contribution in [0.4, 0.5) is 8.78 Å². The first-order chi connectivity index (χ1) is 11.0. The number of nitrogens with zero attached hydrogens (tertiary/aromatic N) is 1. The first-order valence-electron chi connectivity index (χ1n) is 6.67. The fraction of sp³-hybridized carbons (Fsp3) is 0. The highest BCUT2D eigenvalue weighted by molar-refractivity contribution is 6.03. The average Bonchev–Trinajstić information content (AvgIpc) is 2.54. The number of benzene rings is 3. The Bertz CT molecular complexity index is 970. The van der Waals surface area contributed by atoms with Crippen LogP contribution in [0.1, 0.15) is 15.9 Å². The van der Waals surface area contributed by atoms with Gasteiger partial charge in [-0.1, -0.05) is 18.2 Å². The van der Waals surface area contributed by atoms with Crippen LogP contribution in [0.15, 0.2) is 48.5 Å². The summed E-state index contributed by atoms with van der Waals surface area (Å²) in [6, 6.07) is 12.7. The molecule has 0 aromatic heterocycles. The molecule has 0 bridgehead atoms. The van der Waals surface area contributed by atoms with Crippen molar-refractivity contribution in [3.63, 3.8) is 0 Å². The molecular weight excluding hydrogens is 300 g/mol. The van der Waals surface area contributed by atoms with Crippen LogP contribution in [0.3, 0.4) is 0 Å². The van der Waals surface area contributed by atoms with Gasteiger partial charge >= 0.3 is 5.97 Å². The zero-order valence-electron chi connectivity index (χ0n) is 11.7. The lowest BCUT2D eigenvalue weighted by atomic mass is 9.92. The molecule has 0 saturated heterocycles. The van der Waals surface area contributed by atoms with Crippen molar-refractivity contribution in [3.8, 4) is 17.2 Å². The third-order valence-electron chi connectivity index (χ3n) is 3.60. The van der Waals surface area contributed by atoms with Crippen molar-refractivity contribution < 1.29 is 18.7 Å². The maximum atomic E-state index is 14.2. The van der Waals surface area contributed by atoms with Gasteiger partial charge in [0.25, 0.3) is 0 Å². The summed E-state index contributed by atoms with van der Waals surface area (Å²) in [6.07, 6.45) is 0. The molecular formula is C18H9F2NO2. The molecule has 0 unspecified atom stereocenters. The second-order valence-corrected chi connectivity index (χ2v) is 4.94. The zero-order valence-corrected chi connectivity index (χ0v) is 11.7. The Balaban J connectivity index is 2.49.